The zero-order valence-electron chi connectivity index (χ0n) is 7.95. The van der Waals surface area contributed by atoms with Crippen molar-refractivity contribution in [3.63, 3.8) is 0 Å². The molecule has 2 nitrogen and oxygen atoms in total. The van der Waals surface area contributed by atoms with Crippen LogP contribution in [0, 0.1) is 13.8 Å². The van der Waals surface area contributed by atoms with Crippen molar-refractivity contribution in [2.24, 2.45) is 5.73 Å². The van der Waals surface area contributed by atoms with Crippen molar-refractivity contribution in [1.29, 1.82) is 0 Å². The average molecular weight is 197 g/mol. The van der Waals surface area contributed by atoms with E-state index in [0.717, 1.165) is 4.90 Å². The van der Waals surface area contributed by atoms with E-state index in [1.807, 2.05) is 6.07 Å². The van der Waals surface area contributed by atoms with Crippen molar-refractivity contribution in [2.75, 3.05) is 6.54 Å². The van der Waals surface area contributed by atoms with E-state index >= 15 is 0 Å². The van der Waals surface area contributed by atoms with Crippen molar-refractivity contribution in [3.05, 3.63) is 29.3 Å². The van der Waals surface area contributed by atoms with E-state index in [9.17, 15) is 5.11 Å². The number of aliphatic hydroxyl groups excluding tert-OH is 1. The third-order valence-electron chi connectivity index (χ3n) is 1.95. The second-order valence-electron chi connectivity index (χ2n) is 3.05. The molecule has 0 aliphatic heterocycles. The van der Waals surface area contributed by atoms with Gasteiger partial charge >= 0.3 is 0 Å². The summed E-state index contributed by atoms with van der Waals surface area (Å²) in [6.45, 7) is 4.43. The van der Waals surface area contributed by atoms with Gasteiger partial charge < -0.3 is 10.8 Å². The summed E-state index contributed by atoms with van der Waals surface area (Å²) < 4.78 is 0. The molecule has 0 radical (unpaired) electrons. The maximum absolute atomic E-state index is 9.31. The van der Waals surface area contributed by atoms with Crippen LogP contribution in [0.1, 0.15) is 11.1 Å². The second kappa shape index (κ2) is 4.65. The highest BCUT2D eigenvalue weighted by atomic mass is 32.2. The Bertz CT molecular complexity index is 288. The first-order valence-electron chi connectivity index (χ1n) is 4.25. The molecular weight excluding hydrogens is 182 g/mol. The van der Waals surface area contributed by atoms with Gasteiger partial charge in [0.1, 0.15) is 5.44 Å². The van der Waals surface area contributed by atoms with Crippen LogP contribution in [0.15, 0.2) is 23.1 Å². The van der Waals surface area contributed by atoms with E-state index in [4.69, 9.17) is 5.73 Å². The summed E-state index contributed by atoms with van der Waals surface area (Å²) in [7, 11) is 0. The molecule has 0 saturated carbocycles. The van der Waals surface area contributed by atoms with Gasteiger partial charge in [-0.3, -0.25) is 0 Å². The van der Waals surface area contributed by atoms with Gasteiger partial charge in [-0.15, -0.1) is 0 Å². The zero-order valence-corrected chi connectivity index (χ0v) is 8.77. The molecule has 0 amide bonds. The summed E-state index contributed by atoms with van der Waals surface area (Å²) in [5, 5.41) is 9.31. The molecule has 0 saturated heterocycles. The van der Waals surface area contributed by atoms with Gasteiger partial charge in [0.05, 0.1) is 0 Å². The van der Waals surface area contributed by atoms with Crippen LogP contribution in [0.3, 0.4) is 0 Å². The first kappa shape index (κ1) is 10.6. The minimum atomic E-state index is -0.498. The highest BCUT2D eigenvalue weighted by Gasteiger charge is 2.03. The first-order valence-corrected chi connectivity index (χ1v) is 5.13. The van der Waals surface area contributed by atoms with E-state index < -0.39 is 5.44 Å². The van der Waals surface area contributed by atoms with Gasteiger partial charge in [-0.2, -0.15) is 0 Å². The number of hydrogen-bond donors (Lipinski definition) is 2. The molecule has 3 heteroatoms. The Morgan fingerprint density at radius 1 is 1.38 bits per heavy atom. The predicted octanol–water partition coefficient (Wildman–Crippen LogP) is 1.67. The maximum Gasteiger partial charge on any atom is 0.116 e. The summed E-state index contributed by atoms with van der Waals surface area (Å²) in [4.78, 5) is 1.07. The largest absolute Gasteiger partial charge is 0.381 e. The topological polar surface area (TPSA) is 46.2 Å². The standard InChI is InChI=1S/C10H15NOS/c1-7-3-4-9(5-8(7)2)13-10(12)6-11/h3-5,10,12H,6,11H2,1-2H3. The molecule has 0 heterocycles. The molecule has 0 aromatic heterocycles. The lowest BCUT2D eigenvalue weighted by Gasteiger charge is -2.08. The number of rotatable bonds is 3. The molecule has 3 N–H and O–H groups in total. The molecular formula is C10H15NOS. The number of hydrogen-bond acceptors (Lipinski definition) is 3. The second-order valence-corrected chi connectivity index (χ2v) is 4.31. The Morgan fingerprint density at radius 3 is 2.62 bits per heavy atom. The van der Waals surface area contributed by atoms with Crippen molar-refractivity contribution in [3.8, 4) is 0 Å². The number of aliphatic hydroxyl groups is 1. The monoisotopic (exact) mass is 197 g/mol. The molecule has 0 spiro atoms. The molecule has 1 unspecified atom stereocenters. The molecule has 0 aliphatic carbocycles. The average Bonchev–Trinajstić information content (AvgIpc) is 2.11. The highest BCUT2D eigenvalue weighted by Crippen LogP contribution is 2.23. The Hall–Kier alpha value is -0.510. The molecule has 72 valence electrons. The molecule has 1 atom stereocenters. The van der Waals surface area contributed by atoms with Crippen LogP contribution in [0.4, 0.5) is 0 Å². The van der Waals surface area contributed by atoms with E-state index in [0.29, 0.717) is 0 Å². The van der Waals surface area contributed by atoms with Gasteiger partial charge in [-0.25, -0.2) is 0 Å². The summed E-state index contributed by atoms with van der Waals surface area (Å²) in [6, 6.07) is 6.13. The fraction of sp³-hybridized carbons (Fsp3) is 0.400. The van der Waals surface area contributed by atoms with Crippen molar-refractivity contribution in [2.45, 2.75) is 24.2 Å². The van der Waals surface area contributed by atoms with Gasteiger partial charge in [0.2, 0.25) is 0 Å². The lowest BCUT2D eigenvalue weighted by Crippen LogP contribution is -2.15. The summed E-state index contributed by atoms with van der Waals surface area (Å²) >= 11 is 1.40. The lowest BCUT2D eigenvalue weighted by molar-refractivity contribution is 0.271. The molecule has 0 aliphatic rings. The summed E-state index contributed by atoms with van der Waals surface area (Å²) in [5.74, 6) is 0. The smallest absolute Gasteiger partial charge is 0.116 e. The SMILES string of the molecule is Cc1ccc(SC(O)CN)cc1C. The lowest BCUT2D eigenvalue weighted by atomic mass is 10.1. The quantitative estimate of drug-likeness (QED) is 0.572. The molecule has 1 aromatic carbocycles. The zero-order chi connectivity index (χ0) is 9.84. The van der Waals surface area contributed by atoms with Gasteiger partial charge in [0, 0.05) is 11.4 Å². The first-order chi connectivity index (χ1) is 6.13. The van der Waals surface area contributed by atoms with Crippen LogP contribution < -0.4 is 5.73 Å². The van der Waals surface area contributed by atoms with E-state index in [2.05, 4.69) is 26.0 Å². The van der Waals surface area contributed by atoms with Crippen molar-refractivity contribution in [1.82, 2.24) is 0 Å². The van der Waals surface area contributed by atoms with Crippen LogP contribution in [-0.4, -0.2) is 17.1 Å². The van der Waals surface area contributed by atoms with Crippen LogP contribution in [0.5, 0.6) is 0 Å². The third kappa shape index (κ3) is 3.03. The van der Waals surface area contributed by atoms with E-state index in [-0.39, 0.29) is 6.54 Å². The Balaban J connectivity index is 2.73. The highest BCUT2D eigenvalue weighted by molar-refractivity contribution is 7.99. The molecule has 0 fully saturated rings. The fourth-order valence-corrected chi connectivity index (χ4v) is 1.79. The molecule has 1 aromatic rings. The number of nitrogens with two attached hydrogens (primary N) is 1. The Morgan fingerprint density at radius 2 is 2.08 bits per heavy atom. The van der Waals surface area contributed by atoms with Gasteiger partial charge in [-0.05, 0) is 37.1 Å². The molecule has 13 heavy (non-hydrogen) atoms. The van der Waals surface area contributed by atoms with Gasteiger partial charge in [-0.1, -0.05) is 17.8 Å². The summed E-state index contributed by atoms with van der Waals surface area (Å²) in [5.41, 5.74) is 7.33. The summed E-state index contributed by atoms with van der Waals surface area (Å²) in [6.07, 6.45) is 0. The minimum absolute atomic E-state index is 0.289. The number of thioether (sulfide) groups is 1. The van der Waals surface area contributed by atoms with Crippen LogP contribution >= 0.6 is 11.8 Å². The minimum Gasteiger partial charge on any atom is -0.381 e. The Labute approximate surface area is 83.1 Å². The van der Waals surface area contributed by atoms with Gasteiger partial charge in [0.15, 0.2) is 0 Å². The Kier molecular flexibility index (Phi) is 3.78. The van der Waals surface area contributed by atoms with Crippen LogP contribution in [0.25, 0.3) is 0 Å². The normalized spacial score (nSPS) is 12.9. The maximum atomic E-state index is 9.31. The van der Waals surface area contributed by atoms with Crippen LogP contribution in [-0.2, 0) is 0 Å². The van der Waals surface area contributed by atoms with Crippen molar-refractivity contribution < 1.29 is 5.11 Å². The van der Waals surface area contributed by atoms with E-state index in [1.165, 1.54) is 22.9 Å². The van der Waals surface area contributed by atoms with Crippen LogP contribution in [0.2, 0.25) is 0 Å². The molecule has 1 rings (SSSR count). The number of aryl methyl sites for hydroxylation is 2. The van der Waals surface area contributed by atoms with Crippen molar-refractivity contribution >= 4 is 11.8 Å². The van der Waals surface area contributed by atoms with E-state index in [1.54, 1.807) is 0 Å². The molecule has 0 bridgehead atoms. The number of benzene rings is 1. The fourth-order valence-electron chi connectivity index (χ4n) is 0.992. The predicted molar refractivity (Wildman–Crippen MR) is 56.8 cm³/mol. The van der Waals surface area contributed by atoms with Gasteiger partial charge in [0.25, 0.3) is 0 Å². The third-order valence-corrected chi connectivity index (χ3v) is 2.94.